The van der Waals surface area contributed by atoms with Crippen LogP contribution in [-0.4, -0.2) is 34.7 Å². The maximum absolute atomic E-state index is 11.9. The Labute approximate surface area is 135 Å². The van der Waals surface area contributed by atoms with E-state index >= 15 is 0 Å². The van der Waals surface area contributed by atoms with Crippen molar-refractivity contribution in [3.05, 3.63) is 23.8 Å². The van der Waals surface area contributed by atoms with Crippen molar-refractivity contribution >= 4 is 11.9 Å². The molecule has 3 N–H and O–H groups in total. The Morgan fingerprint density at radius 2 is 1.74 bits per heavy atom. The topological polar surface area (TPSA) is 95.9 Å². The minimum absolute atomic E-state index is 0.0819. The molecule has 6 nitrogen and oxygen atoms in total. The van der Waals surface area contributed by atoms with E-state index in [9.17, 15) is 19.8 Å². The van der Waals surface area contributed by atoms with Crippen LogP contribution in [0.25, 0.3) is 0 Å². The van der Waals surface area contributed by atoms with E-state index in [-0.39, 0.29) is 35.6 Å². The number of phenolic OH excluding ortho intramolecular Hbond substituents is 2. The van der Waals surface area contributed by atoms with Crippen LogP contribution in [0.5, 0.6) is 11.5 Å². The minimum Gasteiger partial charge on any atom is -0.508 e. The Morgan fingerprint density at radius 1 is 1.09 bits per heavy atom. The molecule has 1 amide bonds. The van der Waals surface area contributed by atoms with Gasteiger partial charge in [0.25, 0.3) is 5.91 Å². The van der Waals surface area contributed by atoms with Crippen LogP contribution < -0.4 is 5.32 Å². The molecule has 0 aliphatic heterocycles. The number of amides is 1. The summed E-state index contributed by atoms with van der Waals surface area (Å²) >= 11 is 0. The molecule has 23 heavy (non-hydrogen) atoms. The molecule has 0 aromatic heterocycles. The monoisotopic (exact) mass is 321 g/mol. The van der Waals surface area contributed by atoms with Crippen LogP contribution in [0.15, 0.2) is 18.2 Å². The molecule has 1 aliphatic carbocycles. The van der Waals surface area contributed by atoms with Gasteiger partial charge in [0.2, 0.25) is 0 Å². The van der Waals surface area contributed by atoms with Crippen molar-refractivity contribution in [1.82, 2.24) is 5.32 Å². The maximum Gasteiger partial charge on any atom is 0.342 e. The van der Waals surface area contributed by atoms with E-state index < -0.39 is 5.97 Å². The second-order valence-electron chi connectivity index (χ2n) is 5.89. The fourth-order valence-electron chi connectivity index (χ4n) is 2.77. The van der Waals surface area contributed by atoms with Crippen LogP contribution >= 0.6 is 0 Å². The van der Waals surface area contributed by atoms with Crippen molar-refractivity contribution in [1.29, 1.82) is 0 Å². The molecule has 1 fully saturated rings. The first-order valence-electron chi connectivity index (χ1n) is 8.05. The summed E-state index contributed by atoms with van der Waals surface area (Å²) in [6.45, 7) is -0.379. The Bertz CT molecular complexity index is 550. The van der Waals surface area contributed by atoms with Gasteiger partial charge < -0.3 is 20.3 Å². The first kappa shape index (κ1) is 17.1. The molecule has 0 saturated heterocycles. The summed E-state index contributed by atoms with van der Waals surface area (Å²) in [7, 11) is 0. The first-order valence-corrected chi connectivity index (χ1v) is 8.05. The molecule has 0 radical (unpaired) electrons. The van der Waals surface area contributed by atoms with Gasteiger partial charge in [-0.3, -0.25) is 4.79 Å². The summed E-state index contributed by atoms with van der Waals surface area (Å²) in [6, 6.07) is 3.71. The van der Waals surface area contributed by atoms with Gasteiger partial charge in [-0.25, -0.2) is 4.79 Å². The lowest BCUT2D eigenvalue weighted by molar-refractivity contribution is -0.125. The number of carbonyl (C=O) groups excluding carboxylic acids is 2. The van der Waals surface area contributed by atoms with Gasteiger partial charge in [0, 0.05) is 12.1 Å². The molecule has 0 bridgehead atoms. The third kappa shape index (κ3) is 5.47. The van der Waals surface area contributed by atoms with Crippen LogP contribution in [0.2, 0.25) is 0 Å². The molecule has 0 atom stereocenters. The second-order valence-corrected chi connectivity index (χ2v) is 5.89. The van der Waals surface area contributed by atoms with Gasteiger partial charge in [0.05, 0.1) is 0 Å². The van der Waals surface area contributed by atoms with E-state index in [1.807, 2.05) is 0 Å². The van der Waals surface area contributed by atoms with E-state index in [0.717, 1.165) is 31.7 Å². The van der Waals surface area contributed by atoms with Gasteiger partial charge in [0.15, 0.2) is 6.61 Å². The molecule has 6 heteroatoms. The van der Waals surface area contributed by atoms with Crippen molar-refractivity contribution in [2.75, 3.05) is 6.61 Å². The quantitative estimate of drug-likeness (QED) is 0.740. The normalized spacial score (nSPS) is 16.2. The molecule has 1 aromatic rings. The number of rotatable bonds is 4. The summed E-state index contributed by atoms with van der Waals surface area (Å²) in [4.78, 5) is 23.7. The van der Waals surface area contributed by atoms with Crippen molar-refractivity contribution in [3.8, 4) is 11.5 Å². The van der Waals surface area contributed by atoms with Crippen LogP contribution in [0.1, 0.15) is 55.3 Å². The van der Waals surface area contributed by atoms with Crippen LogP contribution in [0, 0.1) is 0 Å². The zero-order chi connectivity index (χ0) is 16.7. The van der Waals surface area contributed by atoms with Crippen LogP contribution in [0.4, 0.5) is 0 Å². The van der Waals surface area contributed by atoms with Crippen molar-refractivity contribution in [3.63, 3.8) is 0 Å². The number of phenols is 2. The summed E-state index contributed by atoms with van der Waals surface area (Å²) < 4.78 is 4.92. The maximum atomic E-state index is 11.9. The Morgan fingerprint density at radius 3 is 2.39 bits per heavy atom. The average Bonchev–Trinajstić information content (AvgIpc) is 2.47. The largest absolute Gasteiger partial charge is 0.508 e. The fourth-order valence-corrected chi connectivity index (χ4v) is 2.77. The second kappa shape index (κ2) is 8.41. The van der Waals surface area contributed by atoms with Crippen LogP contribution in [-0.2, 0) is 9.53 Å². The van der Waals surface area contributed by atoms with Crippen LogP contribution in [0.3, 0.4) is 0 Å². The highest BCUT2D eigenvalue weighted by Gasteiger charge is 2.17. The standard InChI is InChI=1S/C17H23NO5/c19-13-8-9-14(15(20)10-13)17(22)23-11-16(21)18-12-6-4-2-1-3-5-7-12/h8-10,12,19-20H,1-7,11H2,(H,18,21). The van der Waals surface area contributed by atoms with Gasteiger partial charge in [0.1, 0.15) is 17.1 Å². The highest BCUT2D eigenvalue weighted by atomic mass is 16.5. The van der Waals surface area contributed by atoms with Crippen molar-refractivity contribution in [2.45, 2.75) is 51.0 Å². The van der Waals surface area contributed by atoms with Gasteiger partial charge in [-0.15, -0.1) is 0 Å². The van der Waals surface area contributed by atoms with E-state index in [1.54, 1.807) is 0 Å². The smallest absolute Gasteiger partial charge is 0.342 e. The minimum atomic E-state index is -0.796. The number of ether oxygens (including phenoxy) is 1. The number of hydrogen-bond donors (Lipinski definition) is 3. The lowest BCUT2D eigenvalue weighted by Crippen LogP contribution is -2.38. The summed E-state index contributed by atoms with van der Waals surface area (Å²) in [5.41, 5.74) is -0.0819. The molecule has 0 heterocycles. The van der Waals surface area contributed by atoms with Gasteiger partial charge >= 0.3 is 5.97 Å². The predicted molar refractivity (Wildman–Crippen MR) is 84.3 cm³/mol. The Hall–Kier alpha value is -2.24. The summed E-state index contributed by atoms with van der Waals surface area (Å²) in [5, 5.41) is 21.7. The number of hydrogen-bond acceptors (Lipinski definition) is 5. The molecule has 1 aromatic carbocycles. The number of carbonyl (C=O) groups is 2. The molecule has 0 unspecified atom stereocenters. The van der Waals surface area contributed by atoms with Gasteiger partial charge in [-0.05, 0) is 25.0 Å². The van der Waals surface area contributed by atoms with E-state index in [2.05, 4.69) is 5.32 Å². The molecule has 1 aliphatic rings. The number of aromatic hydroxyl groups is 2. The first-order chi connectivity index (χ1) is 11.1. The average molecular weight is 321 g/mol. The van der Waals surface area contributed by atoms with Crippen molar-refractivity contribution in [2.24, 2.45) is 0 Å². The molecule has 0 spiro atoms. The molecule has 2 rings (SSSR count). The zero-order valence-corrected chi connectivity index (χ0v) is 13.1. The Balaban J connectivity index is 1.80. The Kier molecular flexibility index (Phi) is 6.26. The predicted octanol–water partition coefficient (Wildman–Crippen LogP) is 2.48. The van der Waals surface area contributed by atoms with Crippen molar-refractivity contribution < 1.29 is 24.5 Å². The molecule has 126 valence electrons. The lowest BCUT2D eigenvalue weighted by atomic mass is 9.97. The van der Waals surface area contributed by atoms with E-state index in [1.165, 1.54) is 31.4 Å². The third-order valence-corrected chi connectivity index (χ3v) is 4.01. The summed E-state index contributed by atoms with van der Waals surface area (Å²) in [5.74, 6) is -1.66. The van der Waals surface area contributed by atoms with Gasteiger partial charge in [-0.2, -0.15) is 0 Å². The highest BCUT2D eigenvalue weighted by Crippen LogP contribution is 2.23. The number of benzene rings is 1. The van der Waals surface area contributed by atoms with E-state index in [0.29, 0.717) is 0 Å². The highest BCUT2D eigenvalue weighted by molar-refractivity contribution is 5.94. The summed E-state index contributed by atoms with van der Waals surface area (Å²) in [6.07, 6.45) is 7.77. The lowest BCUT2D eigenvalue weighted by Gasteiger charge is -2.20. The fraction of sp³-hybridized carbons (Fsp3) is 0.529. The molecule has 1 saturated carbocycles. The number of esters is 1. The van der Waals surface area contributed by atoms with E-state index in [4.69, 9.17) is 4.74 Å². The van der Waals surface area contributed by atoms with Gasteiger partial charge in [-0.1, -0.05) is 32.1 Å². The SMILES string of the molecule is O=C(COC(=O)c1ccc(O)cc1O)NC1CCCCCCC1. The number of nitrogens with one attached hydrogen (secondary N) is 1. The molecular formula is C17H23NO5. The third-order valence-electron chi connectivity index (χ3n) is 4.01. The molecular weight excluding hydrogens is 298 g/mol. The zero-order valence-electron chi connectivity index (χ0n) is 13.1.